The highest BCUT2D eigenvalue weighted by Crippen LogP contribution is 2.31. The van der Waals surface area contributed by atoms with E-state index in [0.29, 0.717) is 19.6 Å². The minimum Gasteiger partial charge on any atom is -0.364 e. The van der Waals surface area contributed by atoms with Gasteiger partial charge in [0.1, 0.15) is 22.9 Å². The fourth-order valence-corrected chi connectivity index (χ4v) is 4.23. The molecule has 35 heavy (non-hydrogen) atoms. The third-order valence-corrected chi connectivity index (χ3v) is 5.91. The molecular weight excluding hydrogens is 467 g/mol. The quantitative estimate of drug-likeness (QED) is 0.420. The molecule has 12 heteroatoms. The van der Waals surface area contributed by atoms with Crippen molar-refractivity contribution in [3.8, 4) is 0 Å². The highest BCUT2D eigenvalue weighted by molar-refractivity contribution is 6.06. The second-order valence-electron chi connectivity index (χ2n) is 8.25. The zero-order valence-corrected chi connectivity index (χ0v) is 18.9. The van der Waals surface area contributed by atoms with Gasteiger partial charge < -0.3 is 20.1 Å². The van der Waals surface area contributed by atoms with Crippen molar-refractivity contribution < 1.29 is 22.9 Å². The summed E-state index contributed by atoms with van der Waals surface area (Å²) in [6.07, 6.45) is 1.11. The van der Waals surface area contributed by atoms with E-state index in [0.717, 1.165) is 30.5 Å². The number of anilines is 2. The molecule has 184 valence electrons. The molecule has 2 heterocycles. The van der Waals surface area contributed by atoms with Crippen LogP contribution >= 0.6 is 0 Å². The lowest BCUT2D eigenvalue weighted by Gasteiger charge is -2.34. The van der Waals surface area contributed by atoms with Crippen molar-refractivity contribution in [2.75, 3.05) is 29.9 Å². The molecule has 2 aromatic carbocycles. The van der Waals surface area contributed by atoms with Crippen LogP contribution in [0.15, 0.2) is 35.3 Å². The predicted molar refractivity (Wildman–Crippen MR) is 124 cm³/mol. The van der Waals surface area contributed by atoms with Gasteiger partial charge in [0.25, 0.3) is 11.6 Å². The number of rotatable bonds is 5. The van der Waals surface area contributed by atoms with Crippen LogP contribution in [0.2, 0.25) is 0 Å². The number of piperazine rings is 1. The Morgan fingerprint density at radius 1 is 1.26 bits per heavy atom. The Kier molecular flexibility index (Phi) is 6.48. The van der Waals surface area contributed by atoms with Gasteiger partial charge in [-0.2, -0.15) is 0 Å². The molecule has 0 radical (unpaired) electrons. The van der Waals surface area contributed by atoms with Gasteiger partial charge in [0, 0.05) is 50.6 Å². The number of nitrogens with one attached hydrogen (secondary N) is 2. The Labute approximate surface area is 197 Å². The molecule has 0 spiro atoms. The summed E-state index contributed by atoms with van der Waals surface area (Å²) >= 11 is 0. The van der Waals surface area contributed by atoms with Crippen LogP contribution < -0.4 is 21.0 Å². The van der Waals surface area contributed by atoms with Crippen molar-refractivity contribution in [1.82, 2.24) is 9.88 Å². The van der Waals surface area contributed by atoms with Crippen LogP contribution in [-0.4, -0.2) is 41.1 Å². The van der Waals surface area contributed by atoms with Gasteiger partial charge in [0.2, 0.25) is 5.43 Å². The van der Waals surface area contributed by atoms with Gasteiger partial charge in [-0.15, -0.1) is 0 Å². The number of hydrogen-bond donors (Lipinski definition) is 2. The van der Waals surface area contributed by atoms with Crippen LogP contribution in [0.5, 0.6) is 0 Å². The fourth-order valence-electron chi connectivity index (χ4n) is 4.23. The molecule has 0 aliphatic carbocycles. The minimum atomic E-state index is -1.07. The van der Waals surface area contributed by atoms with Crippen molar-refractivity contribution >= 4 is 33.9 Å². The maximum absolute atomic E-state index is 15.6. The van der Waals surface area contributed by atoms with Crippen molar-refractivity contribution in [1.29, 1.82) is 0 Å². The molecule has 1 saturated heterocycles. The van der Waals surface area contributed by atoms with E-state index in [2.05, 4.69) is 10.6 Å². The first-order chi connectivity index (χ1) is 16.6. The van der Waals surface area contributed by atoms with Gasteiger partial charge in [0.05, 0.1) is 21.5 Å². The highest BCUT2D eigenvalue weighted by atomic mass is 19.1. The lowest BCUT2D eigenvalue weighted by Crippen LogP contribution is -2.49. The van der Waals surface area contributed by atoms with Gasteiger partial charge >= 0.3 is 0 Å². The SMILES string of the molecule is CCn1cc(C(=O)Nc2cc([N+](=O)[O-])ccc2F)c(=O)c2cc(F)c(N3CCNC(C)C3)c(F)c21. The Hall–Kier alpha value is -3.93. The van der Waals surface area contributed by atoms with Crippen LogP contribution in [0, 0.1) is 27.6 Å². The topological polar surface area (TPSA) is 110 Å². The maximum Gasteiger partial charge on any atom is 0.271 e. The van der Waals surface area contributed by atoms with E-state index in [-0.39, 0.29) is 29.2 Å². The molecular formula is C23H22F3N5O4. The van der Waals surface area contributed by atoms with E-state index < -0.39 is 50.6 Å². The Morgan fingerprint density at radius 2 is 2.00 bits per heavy atom. The molecule has 4 rings (SSSR count). The van der Waals surface area contributed by atoms with Gasteiger partial charge in [-0.05, 0) is 26.0 Å². The van der Waals surface area contributed by atoms with E-state index in [4.69, 9.17) is 0 Å². The number of carbonyl (C=O) groups is 1. The van der Waals surface area contributed by atoms with Gasteiger partial charge in [0.15, 0.2) is 5.82 Å². The number of fused-ring (bicyclic) bond motifs is 1. The number of hydrogen-bond acceptors (Lipinski definition) is 6. The summed E-state index contributed by atoms with van der Waals surface area (Å²) in [6.45, 7) is 4.95. The molecule has 0 bridgehead atoms. The van der Waals surface area contributed by atoms with Crippen molar-refractivity contribution in [3.05, 3.63) is 73.8 Å². The lowest BCUT2D eigenvalue weighted by atomic mass is 10.1. The molecule has 1 aliphatic heterocycles. The average molecular weight is 489 g/mol. The second kappa shape index (κ2) is 9.37. The second-order valence-corrected chi connectivity index (χ2v) is 8.25. The number of aromatic nitrogens is 1. The number of non-ortho nitro benzene ring substituents is 1. The first-order valence-corrected chi connectivity index (χ1v) is 10.9. The number of nitrogens with zero attached hydrogens (tertiary/aromatic N) is 3. The van der Waals surface area contributed by atoms with Crippen LogP contribution in [0.3, 0.4) is 0 Å². The zero-order chi connectivity index (χ0) is 25.4. The predicted octanol–water partition coefficient (Wildman–Crippen LogP) is 3.40. The largest absolute Gasteiger partial charge is 0.364 e. The van der Waals surface area contributed by atoms with Crippen molar-refractivity contribution in [2.24, 2.45) is 0 Å². The monoisotopic (exact) mass is 489 g/mol. The van der Waals surface area contributed by atoms with Crippen LogP contribution in [-0.2, 0) is 6.54 Å². The first-order valence-electron chi connectivity index (χ1n) is 10.9. The molecule has 0 saturated carbocycles. The fraction of sp³-hybridized carbons (Fsp3) is 0.304. The van der Waals surface area contributed by atoms with E-state index in [1.807, 2.05) is 6.92 Å². The number of benzene rings is 2. The average Bonchev–Trinajstić information content (AvgIpc) is 2.81. The third kappa shape index (κ3) is 4.44. The summed E-state index contributed by atoms with van der Waals surface area (Å²) < 4.78 is 46.2. The summed E-state index contributed by atoms with van der Waals surface area (Å²) in [7, 11) is 0. The van der Waals surface area contributed by atoms with E-state index >= 15 is 8.78 Å². The third-order valence-electron chi connectivity index (χ3n) is 5.91. The van der Waals surface area contributed by atoms with Crippen LogP contribution in [0.25, 0.3) is 10.9 Å². The molecule has 3 aromatic rings. The standard InChI is InChI=1S/C23H22F3N5O4/c1-3-29-11-15(23(33)28-18-8-13(31(34)35)4-5-16(18)24)22(32)14-9-17(25)21(19(26)20(14)29)30-7-6-27-12(2)10-30/h4-5,8-9,11-12,27H,3,6-7,10H2,1-2H3,(H,28,33). The molecule has 1 unspecified atom stereocenters. The van der Waals surface area contributed by atoms with E-state index in [1.165, 1.54) is 4.57 Å². The van der Waals surface area contributed by atoms with Gasteiger partial charge in [-0.25, -0.2) is 13.2 Å². The molecule has 1 aromatic heterocycles. The number of halogens is 3. The molecule has 1 fully saturated rings. The maximum atomic E-state index is 15.6. The van der Waals surface area contributed by atoms with E-state index in [1.54, 1.807) is 11.8 Å². The smallest absolute Gasteiger partial charge is 0.271 e. The molecule has 2 N–H and O–H groups in total. The Balaban J connectivity index is 1.81. The number of nitro benzene ring substituents is 1. The zero-order valence-electron chi connectivity index (χ0n) is 18.9. The minimum absolute atomic E-state index is 0.00638. The molecule has 1 atom stereocenters. The number of amides is 1. The molecule has 1 amide bonds. The van der Waals surface area contributed by atoms with Gasteiger partial charge in [-0.1, -0.05) is 0 Å². The normalized spacial score (nSPS) is 15.9. The highest BCUT2D eigenvalue weighted by Gasteiger charge is 2.27. The summed E-state index contributed by atoms with van der Waals surface area (Å²) in [5, 5.41) is 16.0. The van der Waals surface area contributed by atoms with Gasteiger partial charge in [-0.3, -0.25) is 19.7 Å². The number of carbonyl (C=O) groups excluding carboxylic acids is 1. The summed E-state index contributed by atoms with van der Waals surface area (Å²) in [5.41, 5.74) is -2.82. The Morgan fingerprint density at radius 3 is 2.66 bits per heavy atom. The van der Waals surface area contributed by atoms with Crippen molar-refractivity contribution in [3.63, 3.8) is 0 Å². The summed E-state index contributed by atoms with van der Waals surface area (Å²) in [6, 6.07) is 3.45. The number of aryl methyl sites for hydroxylation is 1. The number of nitro groups is 1. The first kappa shape index (κ1) is 24.2. The molecule has 9 nitrogen and oxygen atoms in total. The summed E-state index contributed by atoms with van der Waals surface area (Å²) in [4.78, 5) is 37.7. The lowest BCUT2D eigenvalue weighted by molar-refractivity contribution is -0.384. The van der Waals surface area contributed by atoms with E-state index in [9.17, 15) is 24.1 Å². The van der Waals surface area contributed by atoms with Crippen LogP contribution in [0.1, 0.15) is 24.2 Å². The van der Waals surface area contributed by atoms with Crippen LogP contribution in [0.4, 0.5) is 30.2 Å². The Bertz CT molecular complexity index is 1410. The molecule has 1 aliphatic rings. The summed E-state index contributed by atoms with van der Waals surface area (Å²) in [5.74, 6) is -3.87. The number of pyridine rings is 1. The van der Waals surface area contributed by atoms with Crippen molar-refractivity contribution in [2.45, 2.75) is 26.4 Å².